The fourth-order valence-corrected chi connectivity index (χ4v) is 3.91. The SMILES string of the molecule is O=C1CN(CCC2CCOCC2)c2nc(-c3ccc4[nH]ncc4c3)cnc2N1. The first-order chi connectivity index (χ1) is 13.8. The Balaban J connectivity index is 1.42. The van der Waals surface area contributed by atoms with Crippen LogP contribution < -0.4 is 10.2 Å². The summed E-state index contributed by atoms with van der Waals surface area (Å²) in [4.78, 5) is 23.5. The number of hydrogen-bond acceptors (Lipinski definition) is 6. The highest BCUT2D eigenvalue weighted by Crippen LogP contribution is 2.30. The van der Waals surface area contributed by atoms with Gasteiger partial charge >= 0.3 is 0 Å². The maximum Gasteiger partial charge on any atom is 0.245 e. The highest BCUT2D eigenvalue weighted by Gasteiger charge is 2.26. The molecule has 0 spiro atoms. The third-order valence-electron chi connectivity index (χ3n) is 5.53. The summed E-state index contributed by atoms with van der Waals surface area (Å²) in [5.41, 5.74) is 2.75. The van der Waals surface area contributed by atoms with Crippen molar-refractivity contribution in [2.75, 3.05) is 36.5 Å². The van der Waals surface area contributed by atoms with Gasteiger partial charge in [-0.3, -0.25) is 9.89 Å². The molecule has 0 bridgehead atoms. The van der Waals surface area contributed by atoms with E-state index in [0.29, 0.717) is 18.3 Å². The number of nitrogens with one attached hydrogen (secondary N) is 2. The van der Waals surface area contributed by atoms with Crippen LogP contribution >= 0.6 is 0 Å². The molecule has 28 heavy (non-hydrogen) atoms. The van der Waals surface area contributed by atoms with Crippen molar-refractivity contribution in [1.82, 2.24) is 20.2 Å². The topological polar surface area (TPSA) is 96.0 Å². The minimum absolute atomic E-state index is 0.0404. The van der Waals surface area contributed by atoms with Crippen LogP contribution in [-0.4, -0.2) is 52.4 Å². The van der Waals surface area contributed by atoms with Gasteiger partial charge in [-0.1, -0.05) is 6.07 Å². The summed E-state index contributed by atoms with van der Waals surface area (Å²) >= 11 is 0. The summed E-state index contributed by atoms with van der Waals surface area (Å²) in [5, 5.41) is 10.9. The number of anilines is 2. The number of H-pyrrole nitrogens is 1. The molecule has 1 amide bonds. The molecule has 1 aromatic carbocycles. The fourth-order valence-electron chi connectivity index (χ4n) is 3.91. The predicted octanol–water partition coefficient (Wildman–Crippen LogP) is 2.60. The van der Waals surface area contributed by atoms with E-state index >= 15 is 0 Å². The zero-order valence-corrected chi connectivity index (χ0v) is 15.5. The first-order valence-corrected chi connectivity index (χ1v) is 9.69. The van der Waals surface area contributed by atoms with Crippen molar-refractivity contribution in [3.63, 3.8) is 0 Å². The van der Waals surface area contributed by atoms with Gasteiger partial charge in [0.05, 0.1) is 30.1 Å². The number of benzene rings is 1. The predicted molar refractivity (Wildman–Crippen MR) is 106 cm³/mol. The lowest BCUT2D eigenvalue weighted by Gasteiger charge is -2.31. The Bertz CT molecular complexity index is 1010. The molecule has 2 aliphatic heterocycles. The monoisotopic (exact) mass is 378 g/mol. The minimum atomic E-state index is -0.0404. The Morgan fingerprint density at radius 3 is 3.00 bits per heavy atom. The lowest BCUT2D eigenvalue weighted by molar-refractivity contribution is -0.115. The molecule has 1 saturated heterocycles. The summed E-state index contributed by atoms with van der Waals surface area (Å²) in [5.74, 6) is 1.89. The number of aromatic nitrogens is 4. The number of carbonyl (C=O) groups excluding carboxylic acids is 1. The maximum atomic E-state index is 12.1. The smallest absolute Gasteiger partial charge is 0.245 e. The summed E-state index contributed by atoms with van der Waals surface area (Å²) in [7, 11) is 0. The molecule has 5 rings (SSSR count). The third-order valence-corrected chi connectivity index (χ3v) is 5.53. The van der Waals surface area contributed by atoms with Crippen LogP contribution in [0.2, 0.25) is 0 Å². The van der Waals surface area contributed by atoms with Crippen LogP contribution in [0, 0.1) is 5.92 Å². The van der Waals surface area contributed by atoms with Gasteiger partial charge in [-0.15, -0.1) is 0 Å². The van der Waals surface area contributed by atoms with Crippen molar-refractivity contribution in [1.29, 1.82) is 0 Å². The van der Waals surface area contributed by atoms with Gasteiger partial charge in [-0.25, -0.2) is 9.97 Å². The molecule has 8 heteroatoms. The van der Waals surface area contributed by atoms with E-state index in [1.807, 2.05) is 18.2 Å². The number of ether oxygens (including phenoxy) is 1. The number of nitrogens with zero attached hydrogens (tertiary/aromatic N) is 4. The van der Waals surface area contributed by atoms with Crippen LogP contribution in [0.25, 0.3) is 22.2 Å². The van der Waals surface area contributed by atoms with E-state index in [4.69, 9.17) is 9.72 Å². The van der Waals surface area contributed by atoms with Crippen LogP contribution in [-0.2, 0) is 9.53 Å². The average Bonchev–Trinajstić information content (AvgIpc) is 3.20. The molecule has 1 fully saturated rings. The summed E-state index contributed by atoms with van der Waals surface area (Å²) < 4.78 is 5.45. The van der Waals surface area contributed by atoms with Gasteiger partial charge in [-0.05, 0) is 37.3 Å². The Kier molecular flexibility index (Phi) is 4.40. The lowest BCUT2D eigenvalue weighted by Crippen LogP contribution is -2.40. The number of aromatic amines is 1. The Labute approximate surface area is 162 Å². The Morgan fingerprint density at radius 2 is 2.11 bits per heavy atom. The fraction of sp³-hybridized carbons (Fsp3) is 0.400. The number of hydrogen-bond donors (Lipinski definition) is 2. The molecule has 4 heterocycles. The quantitative estimate of drug-likeness (QED) is 0.724. The van der Waals surface area contributed by atoms with Crippen LogP contribution in [0.5, 0.6) is 0 Å². The maximum absolute atomic E-state index is 12.1. The first-order valence-electron chi connectivity index (χ1n) is 9.69. The molecule has 0 atom stereocenters. The van der Waals surface area contributed by atoms with Crippen LogP contribution in [0.15, 0.2) is 30.6 Å². The van der Waals surface area contributed by atoms with Gasteiger partial charge in [0, 0.05) is 30.7 Å². The van der Waals surface area contributed by atoms with E-state index in [0.717, 1.165) is 67.0 Å². The molecular formula is C20H22N6O2. The lowest BCUT2D eigenvalue weighted by atomic mass is 9.96. The van der Waals surface area contributed by atoms with E-state index < -0.39 is 0 Å². The zero-order valence-electron chi connectivity index (χ0n) is 15.5. The van der Waals surface area contributed by atoms with E-state index in [-0.39, 0.29) is 5.91 Å². The van der Waals surface area contributed by atoms with Gasteiger partial charge in [0.25, 0.3) is 0 Å². The van der Waals surface area contributed by atoms with Crippen molar-refractivity contribution < 1.29 is 9.53 Å². The first kappa shape index (κ1) is 17.1. The molecule has 2 N–H and O–H groups in total. The second kappa shape index (κ2) is 7.20. The standard InChI is InChI=1S/C20H22N6O2/c27-18-12-26(6-3-13-4-7-28-8-5-13)20-19(24-18)21-11-17(23-20)14-1-2-16-15(9-14)10-22-25-16/h1-2,9-11,13H,3-8,12H2,(H,22,25)(H,21,24,27). The molecule has 144 valence electrons. The molecule has 0 aliphatic carbocycles. The van der Waals surface area contributed by atoms with Gasteiger partial charge in [0.15, 0.2) is 11.6 Å². The molecule has 8 nitrogen and oxygen atoms in total. The molecule has 2 aromatic heterocycles. The van der Waals surface area contributed by atoms with Gasteiger partial charge < -0.3 is 15.0 Å². The van der Waals surface area contributed by atoms with Gasteiger partial charge in [-0.2, -0.15) is 5.10 Å². The van der Waals surface area contributed by atoms with E-state index in [1.54, 1.807) is 12.4 Å². The molecule has 0 saturated carbocycles. The average molecular weight is 378 g/mol. The van der Waals surface area contributed by atoms with Gasteiger partial charge in [0.2, 0.25) is 5.91 Å². The number of amides is 1. The van der Waals surface area contributed by atoms with Crippen LogP contribution in [0.1, 0.15) is 19.3 Å². The second-order valence-electron chi connectivity index (χ2n) is 7.41. The minimum Gasteiger partial charge on any atom is -0.381 e. The number of fused-ring (bicyclic) bond motifs is 2. The molecule has 3 aromatic rings. The van der Waals surface area contributed by atoms with Crippen molar-refractivity contribution in [2.24, 2.45) is 5.92 Å². The van der Waals surface area contributed by atoms with Crippen LogP contribution in [0.4, 0.5) is 11.6 Å². The van der Waals surface area contributed by atoms with Crippen molar-refractivity contribution in [3.05, 3.63) is 30.6 Å². The highest BCUT2D eigenvalue weighted by atomic mass is 16.5. The zero-order chi connectivity index (χ0) is 18.9. The van der Waals surface area contributed by atoms with Crippen LogP contribution in [0.3, 0.4) is 0 Å². The number of carbonyl (C=O) groups is 1. The molecule has 0 unspecified atom stereocenters. The second-order valence-corrected chi connectivity index (χ2v) is 7.41. The molecule has 2 aliphatic rings. The number of rotatable bonds is 4. The normalized spacial score (nSPS) is 17.6. The summed E-state index contributed by atoms with van der Waals surface area (Å²) in [6.07, 6.45) is 6.71. The largest absolute Gasteiger partial charge is 0.381 e. The van der Waals surface area contributed by atoms with E-state index in [9.17, 15) is 4.79 Å². The molecule has 0 radical (unpaired) electrons. The Morgan fingerprint density at radius 1 is 1.21 bits per heavy atom. The molecular weight excluding hydrogens is 356 g/mol. The van der Waals surface area contributed by atoms with Gasteiger partial charge in [0.1, 0.15) is 0 Å². The van der Waals surface area contributed by atoms with E-state index in [1.165, 1.54) is 0 Å². The summed E-state index contributed by atoms with van der Waals surface area (Å²) in [6.45, 7) is 2.78. The third kappa shape index (κ3) is 3.31. The highest BCUT2D eigenvalue weighted by molar-refractivity contribution is 5.99. The Hall–Kier alpha value is -3.00. The van der Waals surface area contributed by atoms with E-state index in [2.05, 4.69) is 25.4 Å². The van der Waals surface area contributed by atoms with Crippen molar-refractivity contribution in [2.45, 2.75) is 19.3 Å². The van der Waals surface area contributed by atoms with Crippen molar-refractivity contribution >= 4 is 28.4 Å². The van der Waals surface area contributed by atoms with Crippen molar-refractivity contribution in [3.8, 4) is 11.3 Å². The summed E-state index contributed by atoms with van der Waals surface area (Å²) in [6, 6.07) is 6.04.